The summed E-state index contributed by atoms with van der Waals surface area (Å²) in [4.78, 5) is 29.3. The van der Waals surface area contributed by atoms with E-state index in [1.54, 1.807) is 17.0 Å². The van der Waals surface area contributed by atoms with Gasteiger partial charge < -0.3 is 9.42 Å². The molecule has 0 N–H and O–H groups in total. The monoisotopic (exact) mass is 330 g/mol. The van der Waals surface area contributed by atoms with E-state index in [9.17, 15) is 14.9 Å². The summed E-state index contributed by atoms with van der Waals surface area (Å²) in [5.74, 6) is 0.847. The zero-order valence-electron chi connectivity index (χ0n) is 13.3. The maximum Gasteiger partial charge on any atom is 0.282 e. The normalized spacial score (nSPS) is 17.7. The molecule has 1 atom stereocenters. The van der Waals surface area contributed by atoms with E-state index in [1.165, 1.54) is 12.1 Å². The number of aryl methyl sites for hydroxylation is 1. The number of likely N-dealkylation sites (tertiary alicyclic amines) is 1. The zero-order chi connectivity index (χ0) is 17.1. The van der Waals surface area contributed by atoms with Crippen LogP contribution in [0.4, 0.5) is 5.69 Å². The highest BCUT2D eigenvalue weighted by molar-refractivity contribution is 5.98. The van der Waals surface area contributed by atoms with Crippen LogP contribution < -0.4 is 0 Å². The number of aromatic nitrogens is 2. The van der Waals surface area contributed by atoms with Crippen LogP contribution in [0.25, 0.3) is 0 Å². The molecule has 1 unspecified atom stereocenters. The van der Waals surface area contributed by atoms with Crippen molar-refractivity contribution in [1.82, 2.24) is 15.0 Å². The minimum absolute atomic E-state index is 0.00508. The first kappa shape index (κ1) is 16.1. The molecule has 1 fully saturated rings. The zero-order valence-corrected chi connectivity index (χ0v) is 13.3. The third-order valence-electron chi connectivity index (χ3n) is 4.19. The molecule has 0 aliphatic carbocycles. The number of benzene rings is 1. The Balaban J connectivity index is 1.79. The van der Waals surface area contributed by atoms with Crippen molar-refractivity contribution in [2.24, 2.45) is 0 Å². The quantitative estimate of drug-likeness (QED) is 0.630. The van der Waals surface area contributed by atoms with Crippen LogP contribution in [0.2, 0.25) is 0 Å². The van der Waals surface area contributed by atoms with Gasteiger partial charge in [-0.2, -0.15) is 4.98 Å². The Kier molecular flexibility index (Phi) is 4.54. The van der Waals surface area contributed by atoms with Gasteiger partial charge in [0.1, 0.15) is 5.56 Å². The van der Waals surface area contributed by atoms with Crippen molar-refractivity contribution in [3.8, 4) is 0 Å². The highest BCUT2D eigenvalue weighted by atomic mass is 16.6. The number of amides is 1. The molecule has 0 saturated carbocycles. The van der Waals surface area contributed by atoms with E-state index < -0.39 is 4.92 Å². The molecule has 24 heavy (non-hydrogen) atoms. The molecular weight excluding hydrogens is 312 g/mol. The van der Waals surface area contributed by atoms with Gasteiger partial charge in [-0.25, -0.2) is 0 Å². The second kappa shape index (κ2) is 6.77. The van der Waals surface area contributed by atoms with Gasteiger partial charge in [0, 0.05) is 31.5 Å². The van der Waals surface area contributed by atoms with E-state index >= 15 is 0 Å². The number of nitrogens with zero attached hydrogens (tertiary/aromatic N) is 4. The van der Waals surface area contributed by atoms with Crippen LogP contribution in [0.5, 0.6) is 0 Å². The van der Waals surface area contributed by atoms with Crippen LogP contribution in [-0.4, -0.2) is 39.0 Å². The molecule has 1 saturated heterocycles. The maximum absolute atomic E-state index is 12.7. The topological polar surface area (TPSA) is 102 Å². The predicted molar refractivity (Wildman–Crippen MR) is 84.7 cm³/mol. The summed E-state index contributed by atoms with van der Waals surface area (Å²) in [6, 6.07) is 6.03. The van der Waals surface area contributed by atoms with Crippen molar-refractivity contribution in [2.75, 3.05) is 13.1 Å². The van der Waals surface area contributed by atoms with Gasteiger partial charge in [-0.3, -0.25) is 14.9 Å². The van der Waals surface area contributed by atoms with Crippen LogP contribution in [-0.2, 0) is 6.42 Å². The number of carbonyl (C=O) groups is 1. The van der Waals surface area contributed by atoms with Crippen molar-refractivity contribution < 1.29 is 14.2 Å². The van der Waals surface area contributed by atoms with Crippen molar-refractivity contribution >= 4 is 11.6 Å². The second-order valence-electron chi connectivity index (χ2n) is 5.76. The lowest BCUT2D eigenvalue weighted by Gasteiger charge is -2.31. The Morgan fingerprint density at radius 2 is 2.25 bits per heavy atom. The smallest absolute Gasteiger partial charge is 0.282 e. The predicted octanol–water partition coefficient (Wildman–Crippen LogP) is 2.56. The number of carbonyl (C=O) groups excluding carboxylic acids is 1. The first-order valence-electron chi connectivity index (χ1n) is 7.95. The van der Waals surface area contributed by atoms with E-state index in [1.807, 2.05) is 6.92 Å². The van der Waals surface area contributed by atoms with Gasteiger partial charge in [0.25, 0.3) is 11.6 Å². The Morgan fingerprint density at radius 1 is 1.46 bits per heavy atom. The van der Waals surface area contributed by atoms with Gasteiger partial charge in [-0.15, -0.1) is 0 Å². The van der Waals surface area contributed by atoms with Crippen LogP contribution >= 0.6 is 0 Å². The van der Waals surface area contributed by atoms with Gasteiger partial charge in [0.05, 0.1) is 4.92 Å². The van der Waals surface area contributed by atoms with E-state index in [4.69, 9.17) is 4.52 Å². The van der Waals surface area contributed by atoms with Gasteiger partial charge in [0.15, 0.2) is 5.82 Å². The summed E-state index contributed by atoms with van der Waals surface area (Å²) in [6.45, 7) is 2.94. The minimum Gasteiger partial charge on any atom is -0.339 e. The number of rotatable bonds is 4. The van der Waals surface area contributed by atoms with Crippen LogP contribution in [0.15, 0.2) is 28.8 Å². The summed E-state index contributed by atoms with van der Waals surface area (Å²) >= 11 is 0. The van der Waals surface area contributed by atoms with Crippen LogP contribution in [0, 0.1) is 10.1 Å². The van der Waals surface area contributed by atoms with E-state index in [0.717, 1.165) is 12.8 Å². The van der Waals surface area contributed by atoms with Gasteiger partial charge in [-0.05, 0) is 18.9 Å². The highest BCUT2D eigenvalue weighted by Crippen LogP contribution is 2.27. The Bertz CT molecular complexity index is 758. The molecular formula is C16H18N4O4. The highest BCUT2D eigenvalue weighted by Gasteiger charge is 2.31. The molecule has 1 amide bonds. The molecule has 0 bridgehead atoms. The fraction of sp³-hybridized carbons (Fsp3) is 0.438. The lowest BCUT2D eigenvalue weighted by molar-refractivity contribution is -0.385. The summed E-state index contributed by atoms with van der Waals surface area (Å²) in [5, 5.41) is 15.1. The first-order valence-corrected chi connectivity index (χ1v) is 7.95. The molecule has 1 aromatic carbocycles. The van der Waals surface area contributed by atoms with Crippen molar-refractivity contribution in [2.45, 2.75) is 32.1 Å². The van der Waals surface area contributed by atoms with E-state index in [-0.39, 0.29) is 23.1 Å². The molecule has 0 radical (unpaired) electrons. The van der Waals surface area contributed by atoms with Crippen molar-refractivity contribution in [1.29, 1.82) is 0 Å². The Labute approximate surface area is 138 Å². The molecule has 1 aliphatic heterocycles. The second-order valence-corrected chi connectivity index (χ2v) is 5.76. The Morgan fingerprint density at radius 3 is 2.96 bits per heavy atom. The molecule has 0 spiro atoms. The summed E-state index contributed by atoms with van der Waals surface area (Å²) < 4.78 is 5.14. The molecule has 1 aliphatic rings. The van der Waals surface area contributed by atoms with E-state index in [0.29, 0.717) is 31.2 Å². The van der Waals surface area contributed by atoms with Crippen LogP contribution in [0.1, 0.15) is 47.8 Å². The maximum atomic E-state index is 12.7. The van der Waals surface area contributed by atoms with Crippen LogP contribution in [0.3, 0.4) is 0 Å². The first-order chi connectivity index (χ1) is 11.6. The lowest BCUT2D eigenvalue weighted by atomic mass is 9.96. The fourth-order valence-electron chi connectivity index (χ4n) is 2.93. The van der Waals surface area contributed by atoms with Gasteiger partial charge >= 0.3 is 0 Å². The largest absolute Gasteiger partial charge is 0.339 e. The molecule has 2 aromatic rings. The average molecular weight is 330 g/mol. The number of hydrogen-bond acceptors (Lipinski definition) is 6. The molecule has 8 nitrogen and oxygen atoms in total. The summed E-state index contributed by atoms with van der Waals surface area (Å²) in [7, 11) is 0. The SMILES string of the molecule is CCc1nc(C2CCCN(C(=O)c3ccccc3[N+](=O)[O-])C2)no1. The summed E-state index contributed by atoms with van der Waals surface area (Å²) in [5.41, 5.74) is -0.0528. The number of para-hydroxylation sites is 1. The molecule has 2 heterocycles. The molecule has 3 rings (SSSR count). The third-order valence-corrected chi connectivity index (χ3v) is 4.19. The number of nitro groups is 1. The van der Waals surface area contributed by atoms with Crippen molar-refractivity contribution in [3.63, 3.8) is 0 Å². The lowest BCUT2D eigenvalue weighted by Crippen LogP contribution is -2.39. The molecule has 1 aromatic heterocycles. The van der Waals surface area contributed by atoms with Gasteiger partial charge in [-0.1, -0.05) is 24.2 Å². The standard InChI is InChI=1S/C16H18N4O4/c1-2-14-17-15(18-24-14)11-6-5-9-19(10-11)16(21)12-7-3-4-8-13(12)20(22)23/h3-4,7-8,11H,2,5-6,9-10H2,1H3. The summed E-state index contributed by atoms with van der Waals surface area (Å²) in [6.07, 6.45) is 2.33. The van der Waals surface area contributed by atoms with E-state index in [2.05, 4.69) is 10.1 Å². The third kappa shape index (κ3) is 3.12. The number of nitro benzene ring substituents is 1. The minimum atomic E-state index is -0.526. The van der Waals surface area contributed by atoms with Crippen molar-refractivity contribution in [3.05, 3.63) is 51.7 Å². The average Bonchev–Trinajstić information content (AvgIpc) is 3.10. The number of hydrogen-bond donors (Lipinski definition) is 0. The molecule has 8 heteroatoms. The fourth-order valence-corrected chi connectivity index (χ4v) is 2.93. The molecule has 126 valence electrons. The Hall–Kier alpha value is -2.77. The van der Waals surface area contributed by atoms with Gasteiger partial charge in [0.2, 0.25) is 5.89 Å². The number of piperidine rings is 1.